The number of cyclic esters (lactones) is 1. The number of rotatable bonds is 10. The summed E-state index contributed by atoms with van der Waals surface area (Å²) in [5, 5.41) is 10.2. The Kier molecular flexibility index (Phi) is 8.04. The molecule has 0 aliphatic carbocycles. The quantitative estimate of drug-likeness (QED) is 0.246. The highest BCUT2D eigenvalue weighted by Crippen LogP contribution is 2.42. The average Bonchev–Trinajstić information content (AvgIpc) is 2.88. The highest BCUT2D eigenvalue weighted by atomic mass is 16.6. The average molecular weight is 431 g/mol. The van der Waals surface area contributed by atoms with E-state index in [9.17, 15) is 19.5 Å². The molecule has 1 aromatic carbocycles. The van der Waals surface area contributed by atoms with Crippen molar-refractivity contribution < 1.29 is 29.0 Å². The van der Waals surface area contributed by atoms with Crippen molar-refractivity contribution in [2.45, 2.75) is 65.9 Å². The third kappa shape index (κ3) is 5.96. The first-order chi connectivity index (χ1) is 14.5. The van der Waals surface area contributed by atoms with Gasteiger partial charge in [0.25, 0.3) is 0 Å². The van der Waals surface area contributed by atoms with Gasteiger partial charge in [0.1, 0.15) is 28.8 Å². The van der Waals surface area contributed by atoms with Crippen LogP contribution in [-0.4, -0.2) is 35.4 Å². The van der Waals surface area contributed by atoms with Gasteiger partial charge in [-0.15, -0.1) is 0 Å². The number of ketones is 2. The molecular weight excluding hydrogens is 396 g/mol. The molecule has 1 fully saturated rings. The van der Waals surface area contributed by atoms with E-state index in [1.165, 1.54) is 19.2 Å². The van der Waals surface area contributed by atoms with Crippen molar-refractivity contribution in [2.24, 2.45) is 17.8 Å². The van der Waals surface area contributed by atoms with E-state index in [4.69, 9.17) is 9.47 Å². The Hall–Kier alpha value is -2.63. The lowest BCUT2D eigenvalue weighted by atomic mass is 9.77. The van der Waals surface area contributed by atoms with E-state index in [0.717, 1.165) is 5.57 Å². The molecule has 0 spiro atoms. The van der Waals surface area contributed by atoms with Gasteiger partial charge in [-0.2, -0.15) is 0 Å². The number of carbonyl (C=O) groups excluding carboxylic acids is 3. The second-order valence-corrected chi connectivity index (χ2v) is 9.15. The molecule has 6 nitrogen and oxygen atoms in total. The van der Waals surface area contributed by atoms with Crippen molar-refractivity contribution >= 4 is 17.5 Å². The van der Waals surface area contributed by atoms with Crippen LogP contribution >= 0.6 is 0 Å². The Morgan fingerprint density at radius 3 is 2.58 bits per heavy atom. The van der Waals surface area contributed by atoms with Gasteiger partial charge in [0.15, 0.2) is 5.78 Å². The lowest BCUT2D eigenvalue weighted by Crippen LogP contribution is -2.33. The smallest absolute Gasteiger partial charge is 0.317 e. The summed E-state index contributed by atoms with van der Waals surface area (Å²) in [6.07, 6.45) is 4.20. The predicted octanol–water partition coefficient (Wildman–Crippen LogP) is 4.88. The molecule has 0 amide bonds. The Morgan fingerprint density at radius 1 is 1.32 bits per heavy atom. The molecule has 6 heteroatoms. The Labute approximate surface area is 184 Å². The first-order valence-electron chi connectivity index (χ1n) is 10.8. The molecule has 0 saturated carbocycles. The minimum absolute atomic E-state index is 0.0817. The van der Waals surface area contributed by atoms with Crippen molar-refractivity contribution in [3.8, 4) is 11.5 Å². The van der Waals surface area contributed by atoms with E-state index in [2.05, 4.69) is 0 Å². The van der Waals surface area contributed by atoms with Crippen molar-refractivity contribution in [1.82, 2.24) is 0 Å². The molecule has 3 atom stereocenters. The molecule has 0 radical (unpaired) electrons. The van der Waals surface area contributed by atoms with Gasteiger partial charge in [0, 0.05) is 24.8 Å². The molecular formula is C25H34O6. The summed E-state index contributed by atoms with van der Waals surface area (Å²) >= 11 is 0. The number of allylic oxidation sites excluding steroid dienone is 2. The highest BCUT2D eigenvalue weighted by molar-refractivity contribution is 6.11. The number of methoxy groups -OCH3 is 1. The monoisotopic (exact) mass is 430 g/mol. The number of Topliss-reactive ketones (excluding diaryl/α,β-unsaturated/α-hetero) is 2. The Balaban J connectivity index is 2.06. The van der Waals surface area contributed by atoms with Crippen LogP contribution in [0.4, 0.5) is 0 Å². The molecule has 1 aliphatic rings. The number of aromatic hydroxyl groups is 1. The fourth-order valence-electron chi connectivity index (χ4n) is 4.09. The fraction of sp³-hybridized carbons (Fsp3) is 0.560. The molecule has 1 aromatic rings. The van der Waals surface area contributed by atoms with E-state index in [0.29, 0.717) is 37.4 Å². The predicted molar refractivity (Wildman–Crippen MR) is 118 cm³/mol. The normalized spacial score (nSPS) is 23.7. The standard InChI is InChI=1S/C25H34O6/c1-15(2)12-18(26)13-16(3)8-7-11-25(5)17(4)22(24(29)31-25)23(28)20-10-9-19(30-6)14-21(20)27/h8-10,14-15,17,22,27H,7,11-13H2,1-6H3. The molecule has 1 N–H and O–H groups in total. The number of phenols is 1. The zero-order valence-electron chi connectivity index (χ0n) is 19.4. The summed E-state index contributed by atoms with van der Waals surface area (Å²) in [6.45, 7) is 9.65. The van der Waals surface area contributed by atoms with Gasteiger partial charge >= 0.3 is 5.97 Å². The van der Waals surface area contributed by atoms with Crippen LogP contribution in [-0.2, 0) is 14.3 Å². The molecule has 0 aromatic heterocycles. The van der Waals surface area contributed by atoms with Gasteiger partial charge < -0.3 is 14.6 Å². The lowest BCUT2D eigenvalue weighted by molar-refractivity contribution is -0.149. The van der Waals surface area contributed by atoms with Crippen molar-refractivity contribution in [2.75, 3.05) is 7.11 Å². The van der Waals surface area contributed by atoms with Crippen molar-refractivity contribution in [3.05, 3.63) is 35.4 Å². The third-order valence-electron chi connectivity index (χ3n) is 6.05. The minimum Gasteiger partial charge on any atom is -0.507 e. The number of hydrogen-bond donors (Lipinski definition) is 1. The zero-order chi connectivity index (χ0) is 23.3. The molecule has 1 saturated heterocycles. The summed E-state index contributed by atoms with van der Waals surface area (Å²) in [5.41, 5.74) is 0.290. The molecule has 31 heavy (non-hydrogen) atoms. The van der Waals surface area contributed by atoms with Crippen LogP contribution in [0.2, 0.25) is 0 Å². The number of ether oxygens (including phenoxy) is 2. The topological polar surface area (TPSA) is 89.9 Å². The largest absolute Gasteiger partial charge is 0.507 e. The van der Waals surface area contributed by atoms with Gasteiger partial charge in [0.05, 0.1) is 12.7 Å². The van der Waals surface area contributed by atoms with Crippen LogP contribution in [0, 0.1) is 17.8 Å². The SMILES string of the molecule is COc1ccc(C(=O)C2C(=O)OC(C)(CCC=C(C)CC(=O)CC(C)C)C2C)c(O)c1. The Bertz CT molecular complexity index is 869. The molecule has 1 heterocycles. The van der Waals surface area contributed by atoms with Crippen LogP contribution in [0.25, 0.3) is 0 Å². The number of hydrogen-bond acceptors (Lipinski definition) is 6. The molecule has 2 rings (SSSR count). The summed E-state index contributed by atoms with van der Waals surface area (Å²) in [6, 6.07) is 4.39. The van der Waals surface area contributed by atoms with E-state index in [1.54, 1.807) is 6.07 Å². The summed E-state index contributed by atoms with van der Waals surface area (Å²) in [7, 11) is 1.47. The Morgan fingerprint density at radius 2 is 2.00 bits per heavy atom. The third-order valence-corrected chi connectivity index (χ3v) is 6.05. The van der Waals surface area contributed by atoms with Gasteiger partial charge in [-0.05, 0) is 44.7 Å². The van der Waals surface area contributed by atoms with E-state index >= 15 is 0 Å². The molecule has 1 aliphatic heterocycles. The maximum absolute atomic E-state index is 13.0. The van der Waals surface area contributed by atoms with Crippen LogP contribution in [0.3, 0.4) is 0 Å². The summed E-state index contributed by atoms with van der Waals surface area (Å²) in [5.74, 6) is -1.57. The first-order valence-corrected chi connectivity index (χ1v) is 10.8. The second-order valence-electron chi connectivity index (χ2n) is 9.15. The summed E-state index contributed by atoms with van der Waals surface area (Å²) < 4.78 is 10.7. The lowest BCUT2D eigenvalue weighted by Gasteiger charge is -2.28. The van der Waals surface area contributed by atoms with E-state index in [-0.39, 0.29) is 23.0 Å². The summed E-state index contributed by atoms with van der Waals surface area (Å²) in [4.78, 5) is 37.6. The van der Waals surface area contributed by atoms with Gasteiger partial charge in [-0.25, -0.2) is 0 Å². The molecule has 3 unspecified atom stereocenters. The van der Waals surface area contributed by atoms with Gasteiger partial charge in [-0.3, -0.25) is 14.4 Å². The van der Waals surface area contributed by atoms with Gasteiger partial charge in [-0.1, -0.05) is 32.4 Å². The van der Waals surface area contributed by atoms with Gasteiger partial charge in [0.2, 0.25) is 0 Å². The van der Waals surface area contributed by atoms with Crippen LogP contribution in [0.5, 0.6) is 11.5 Å². The highest BCUT2D eigenvalue weighted by Gasteiger charge is 2.53. The van der Waals surface area contributed by atoms with Crippen LogP contribution in [0.15, 0.2) is 29.8 Å². The van der Waals surface area contributed by atoms with Crippen LogP contribution < -0.4 is 4.74 Å². The van der Waals surface area contributed by atoms with Crippen molar-refractivity contribution in [1.29, 1.82) is 0 Å². The molecule has 170 valence electrons. The zero-order valence-corrected chi connectivity index (χ0v) is 19.4. The second kappa shape index (κ2) is 10.1. The number of carbonyl (C=O) groups is 3. The van der Waals surface area contributed by atoms with E-state index in [1.807, 2.05) is 40.7 Å². The first kappa shape index (κ1) is 24.6. The van der Waals surface area contributed by atoms with Crippen molar-refractivity contribution in [3.63, 3.8) is 0 Å². The minimum atomic E-state index is -0.970. The number of benzene rings is 1. The maximum Gasteiger partial charge on any atom is 0.317 e. The molecule has 0 bridgehead atoms. The fourth-order valence-corrected chi connectivity index (χ4v) is 4.09. The number of esters is 1. The van der Waals surface area contributed by atoms with E-state index < -0.39 is 23.3 Å². The maximum atomic E-state index is 13.0. The number of phenolic OH excluding ortho intramolecular Hbond substituents is 1. The van der Waals surface area contributed by atoms with Crippen LogP contribution in [0.1, 0.15) is 70.7 Å².